The molecule has 3 heteroatoms. The summed E-state index contributed by atoms with van der Waals surface area (Å²) in [6.07, 6.45) is 0. The number of ether oxygens (including phenoxy) is 1. The van der Waals surface area contributed by atoms with E-state index in [1.54, 1.807) is 6.07 Å². The number of nitrogens with one attached hydrogen (secondary N) is 1. The molecular formula is C18H22FNO. The van der Waals surface area contributed by atoms with E-state index in [2.05, 4.69) is 37.4 Å². The van der Waals surface area contributed by atoms with Gasteiger partial charge in [-0.15, -0.1) is 0 Å². The highest BCUT2D eigenvalue weighted by molar-refractivity contribution is 5.37. The third-order valence-electron chi connectivity index (χ3n) is 3.55. The van der Waals surface area contributed by atoms with E-state index in [0.717, 1.165) is 11.1 Å². The van der Waals surface area contributed by atoms with Crippen LogP contribution < -0.4 is 10.1 Å². The maximum atomic E-state index is 13.5. The lowest BCUT2D eigenvalue weighted by atomic mass is 10.1. The first-order valence-electron chi connectivity index (χ1n) is 7.16. The lowest BCUT2D eigenvalue weighted by Gasteiger charge is -2.17. The lowest BCUT2D eigenvalue weighted by Crippen LogP contribution is -2.14. The summed E-state index contributed by atoms with van der Waals surface area (Å²) in [5.41, 5.74) is 4.47. The Hall–Kier alpha value is -1.87. The van der Waals surface area contributed by atoms with Gasteiger partial charge in [0.25, 0.3) is 0 Å². The largest absolute Gasteiger partial charge is 0.488 e. The zero-order valence-corrected chi connectivity index (χ0v) is 13.0. The Bertz CT molecular complexity index is 604. The molecule has 2 aromatic carbocycles. The standard InChI is InChI=1S/C18H22FNO/c1-12-7-13(2)9-15(8-12)11-21-18-10-16(19)5-6-17(18)14(3)20-4/h5-10,14,20H,11H2,1-4H3. The summed E-state index contributed by atoms with van der Waals surface area (Å²) in [4.78, 5) is 0. The number of benzene rings is 2. The zero-order chi connectivity index (χ0) is 15.4. The fraction of sp³-hybridized carbons (Fsp3) is 0.333. The molecule has 0 fully saturated rings. The molecule has 2 aromatic rings. The van der Waals surface area contributed by atoms with Crippen LogP contribution in [0, 0.1) is 19.7 Å². The molecule has 0 saturated heterocycles. The molecular weight excluding hydrogens is 265 g/mol. The van der Waals surface area contributed by atoms with Gasteiger partial charge in [-0.2, -0.15) is 0 Å². The van der Waals surface area contributed by atoms with Crippen LogP contribution in [0.2, 0.25) is 0 Å². The second kappa shape index (κ2) is 6.72. The summed E-state index contributed by atoms with van der Waals surface area (Å²) in [5, 5.41) is 3.16. The molecule has 0 bridgehead atoms. The van der Waals surface area contributed by atoms with Gasteiger partial charge in [0.05, 0.1) is 0 Å². The third-order valence-corrected chi connectivity index (χ3v) is 3.55. The topological polar surface area (TPSA) is 21.3 Å². The molecule has 2 nitrogen and oxygen atoms in total. The van der Waals surface area contributed by atoms with Crippen molar-refractivity contribution in [1.82, 2.24) is 5.32 Å². The zero-order valence-electron chi connectivity index (χ0n) is 13.0. The first-order valence-corrected chi connectivity index (χ1v) is 7.16. The van der Waals surface area contributed by atoms with Gasteiger partial charge in [-0.05, 0) is 39.4 Å². The smallest absolute Gasteiger partial charge is 0.127 e. The molecule has 0 aromatic heterocycles. The van der Waals surface area contributed by atoms with Gasteiger partial charge < -0.3 is 10.1 Å². The van der Waals surface area contributed by atoms with Gasteiger partial charge in [-0.1, -0.05) is 35.4 Å². The Balaban J connectivity index is 2.20. The molecule has 0 spiro atoms. The van der Waals surface area contributed by atoms with E-state index in [4.69, 9.17) is 4.74 Å². The molecule has 0 aliphatic carbocycles. The minimum absolute atomic E-state index is 0.111. The summed E-state index contributed by atoms with van der Waals surface area (Å²) in [5.74, 6) is 0.313. The molecule has 1 atom stereocenters. The maximum absolute atomic E-state index is 13.5. The lowest BCUT2D eigenvalue weighted by molar-refractivity contribution is 0.298. The van der Waals surface area contributed by atoms with Crippen molar-refractivity contribution in [2.75, 3.05) is 7.05 Å². The van der Waals surface area contributed by atoms with Crippen molar-refractivity contribution in [3.05, 3.63) is 64.5 Å². The minimum atomic E-state index is -0.280. The number of aryl methyl sites for hydroxylation is 2. The van der Waals surface area contributed by atoms with Crippen molar-refractivity contribution < 1.29 is 9.13 Å². The first-order chi connectivity index (χ1) is 9.99. The predicted octanol–water partition coefficient (Wildman–Crippen LogP) is 4.30. The van der Waals surface area contributed by atoms with Gasteiger partial charge in [-0.25, -0.2) is 4.39 Å². The van der Waals surface area contributed by atoms with Crippen LogP contribution in [-0.2, 0) is 6.61 Å². The molecule has 112 valence electrons. The quantitative estimate of drug-likeness (QED) is 0.885. The van der Waals surface area contributed by atoms with Crippen LogP contribution in [0.15, 0.2) is 36.4 Å². The molecule has 0 radical (unpaired) electrons. The van der Waals surface area contributed by atoms with Crippen molar-refractivity contribution >= 4 is 0 Å². The van der Waals surface area contributed by atoms with Crippen LogP contribution >= 0.6 is 0 Å². The van der Waals surface area contributed by atoms with Crippen LogP contribution in [0.4, 0.5) is 4.39 Å². The van der Waals surface area contributed by atoms with Crippen LogP contribution in [0.5, 0.6) is 5.75 Å². The van der Waals surface area contributed by atoms with Gasteiger partial charge in [0.1, 0.15) is 18.2 Å². The summed E-state index contributed by atoms with van der Waals surface area (Å²) < 4.78 is 19.3. The van der Waals surface area contributed by atoms with Crippen molar-refractivity contribution in [1.29, 1.82) is 0 Å². The highest BCUT2D eigenvalue weighted by atomic mass is 19.1. The Morgan fingerprint density at radius 2 is 1.76 bits per heavy atom. The van der Waals surface area contributed by atoms with E-state index in [1.807, 2.05) is 14.0 Å². The van der Waals surface area contributed by atoms with Crippen molar-refractivity contribution in [3.63, 3.8) is 0 Å². The van der Waals surface area contributed by atoms with Crippen LogP contribution in [0.1, 0.15) is 35.2 Å². The van der Waals surface area contributed by atoms with E-state index in [9.17, 15) is 4.39 Å². The monoisotopic (exact) mass is 287 g/mol. The Kier molecular flexibility index (Phi) is 4.97. The molecule has 1 N–H and O–H groups in total. The Morgan fingerprint density at radius 1 is 1.10 bits per heavy atom. The average Bonchev–Trinajstić information content (AvgIpc) is 2.43. The molecule has 0 saturated carbocycles. The highest BCUT2D eigenvalue weighted by Gasteiger charge is 2.11. The van der Waals surface area contributed by atoms with E-state index in [0.29, 0.717) is 12.4 Å². The second-order valence-corrected chi connectivity index (χ2v) is 5.48. The normalized spacial score (nSPS) is 12.2. The number of hydrogen-bond acceptors (Lipinski definition) is 2. The van der Waals surface area contributed by atoms with Crippen molar-refractivity contribution in [2.24, 2.45) is 0 Å². The number of halogens is 1. The Morgan fingerprint density at radius 3 is 2.38 bits per heavy atom. The van der Waals surface area contributed by atoms with Gasteiger partial charge in [0.2, 0.25) is 0 Å². The number of rotatable bonds is 5. The van der Waals surface area contributed by atoms with Gasteiger partial charge in [0.15, 0.2) is 0 Å². The molecule has 0 heterocycles. The van der Waals surface area contributed by atoms with Crippen molar-refractivity contribution in [3.8, 4) is 5.75 Å². The highest BCUT2D eigenvalue weighted by Crippen LogP contribution is 2.27. The maximum Gasteiger partial charge on any atom is 0.127 e. The fourth-order valence-corrected chi connectivity index (χ4v) is 2.46. The minimum Gasteiger partial charge on any atom is -0.488 e. The molecule has 2 rings (SSSR count). The summed E-state index contributed by atoms with van der Waals surface area (Å²) >= 11 is 0. The SMILES string of the molecule is CNC(C)c1ccc(F)cc1OCc1cc(C)cc(C)c1. The molecule has 0 aliphatic heterocycles. The van der Waals surface area contributed by atoms with Gasteiger partial charge in [-0.3, -0.25) is 0 Å². The second-order valence-electron chi connectivity index (χ2n) is 5.48. The van der Waals surface area contributed by atoms with Crippen molar-refractivity contribution in [2.45, 2.75) is 33.4 Å². The van der Waals surface area contributed by atoms with Gasteiger partial charge in [0, 0.05) is 17.7 Å². The fourth-order valence-electron chi connectivity index (χ4n) is 2.46. The van der Waals surface area contributed by atoms with E-state index >= 15 is 0 Å². The average molecular weight is 287 g/mol. The summed E-state index contributed by atoms with van der Waals surface area (Å²) in [6, 6.07) is 11.1. The molecule has 0 aliphatic rings. The number of hydrogen-bond donors (Lipinski definition) is 1. The molecule has 21 heavy (non-hydrogen) atoms. The molecule has 1 unspecified atom stereocenters. The third kappa shape index (κ3) is 4.05. The summed E-state index contributed by atoms with van der Waals surface area (Å²) in [7, 11) is 1.88. The van der Waals surface area contributed by atoms with Gasteiger partial charge >= 0.3 is 0 Å². The van der Waals surface area contributed by atoms with E-state index < -0.39 is 0 Å². The van der Waals surface area contributed by atoms with Crippen LogP contribution in [0.3, 0.4) is 0 Å². The van der Waals surface area contributed by atoms with E-state index in [-0.39, 0.29) is 11.9 Å². The first kappa shape index (κ1) is 15.5. The van der Waals surface area contributed by atoms with E-state index in [1.165, 1.54) is 23.3 Å². The van der Waals surface area contributed by atoms with Crippen LogP contribution in [0.25, 0.3) is 0 Å². The molecule has 0 amide bonds. The predicted molar refractivity (Wildman–Crippen MR) is 84.1 cm³/mol. The summed E-state index contributed by atoms with van der Waals surface area (Å²) in [6.45, 7) is 6.59. The Labute approximate surface area is 126 Å². The van der Waals surface area contributed by atoms with Crippen LogP contribution in [-0.4, -0.2) is 7.05 Å².